The molecule has 1 fully saturated rings. The number of hydrogen-bond acceptors (Lipinski definition) is 5. The number of thiazole rings is 1. The number of halogens is 1. The van der Waals surface area contributed by atoms with Gasteiger partial charge < -0.3 is 9.84 Å². The van der Waals surface area contributed by atoms with Gasteiger partial charge in [0, 0.05) is 0 Å². The van der Waals surface area contributed by atoms with Crippen LogP contribution in [0.4, 0.5) is 0 Å². The van der Waals surface area contributed by atoms with Crippen molar-refractivity contribution in [3.63, 3.8) is 0 Å². The van der Waals surface area contributed by atoms with Crippen molar-refractivity contribution in [1.29, 1.82) is 0 Å². The van der Waals surface area contributed by atoms with Crippen molar-refractivity contribution in [3.8, 4) is 0 Å². The van der Waals surface area contributed by atoms with E-state index in [0.29, 0.717) is 25.9 Å². The number of rotatable bonds is 3. The van der Waals surface area contributed by atoms with Crippen molar-refractivity contribution < 1.29 is 14.6 Å². The van der Waals surface area contributed by atoms with Crippen LogP contribution in [0.25, 0.3) is 0 Å². The first kappa shape index (κ1) is 14.9. The van der Waals surface area contributed by atoms with Crippen LogP contribution in [0.3, 0.4) is 0 Å². The fourth-order valence-electron chi connectivity index (χ4n) is 2.72. The van der Waals surface area contributed by atoms with Gasteiger partial charge in [-0.2, -0.15) is 0 Å². The Bertz CT molecular complexity index is 464. The number of esters is 1. The summed E-state index contributed by atoms with van der Waals surface area (Å²) in [6.45, 7) is 4.22. The van der Waals surface area contributed by atoms with E-state index >= 15 is 0 Å². The first-order valence-electron chi connectivity index (χ1n) is 6.47. The molecule has 0 aromatic carbocycles. The van der Waals surface area contributed by atoms with Gasteiger partial charge in [-0.1, -0.05) is 6.92 Å². The highest BCUT2D eigenvalue weighted by Gasteiger charge is 2.43. The van der Waals surface area contributed by atoms with Crippen LogP contribution in [0.15, 0.2) is 9.98 Å². The fourth-order valence-corrected chi connectivity index (χ4v) is 4.05. The summed E-state index contributed by atoms with van der Waals surface area (Å²) in [6, 6.07) is 0. The highest BCUT2D eigenvalue weighted by atomic mass is 79.9. The van der Waals surface area contributed by atoms with E-state index in [1.54, 1.807) is 6.20 Å². The van der Waals surface area contributed by atoms with E-state index in [-0.39, 0.29) is 17.8 Å². The lowest BCUT2D eigenvalue weighted by atomic mass is 9.72. The Balaban J connectivity index is 2.09. The molecule has 19 heavy (non-hydrogen) atoms. The van der Waals surface area contributed by atoms with E-state index in [9.17, 15) is 9.90 Å². The molecule has 6 heteroatoms. The number of carbonyl (C=O) groups is 1. The molecule has 0 saturated heterocycles. The third kappa shape index (κ3) is 3.17. The molecule has 0 amide bonds. The first-order chi connectivity index (χ1) is 8.96. The molecule has 1 aliphatic carbocycles. The molecule has 1 saturated carbocycles. The summed E-state index contributed by atoms with van der Waals surface area (Å²) in [6.07, 6.45) is 3.46. The van der Waals surface area contributed by atoms with E-state index in [1.165, 1.54) is 11.3 Å². The molecule has 2 rings (SSSR count). The van der Waals surface area contributed by atoms with E-state index < -0.39 is 5.60 Å². The third-order valence-electron chi connectivity index (χ3n) is 3.68. The van der Waals surface area contributed by atoms with Crippen LogP contribution in [0, 0.1) is 11.8 Å². The van der Waals surface area contributed by atoms with Gasteiger partial charge in [-0.25, -0.2) is 4.98 Å². The molecule has 0 radical (unpaired) electrons. The summed E-state index contributed by atoms with van der Waals surface area (Å²) < 4.78 is 6.00. The molecule has 1 heterocycles. The number of aromatic nitrogens is 1. The molecule has 3 atom stereocenters. The van der Waals surface area contributed by atoms with E-state index in [4.69, 9.17) is 4.74 Å². The Labute approximate surface area is 125 Å². The van der Waals surface area contributed by atoms with Gasteiger partial charge in [0.1, 0.15) is 10.6 Å². The van der Waals surface area contributed by atoms with Gasteiger partial charge in [-0.3, -0.25) is 4.79 Å². The molecule has 0 spiro atoms. The quantitative estimate of drug-likeness (QED) is 0.853. The molecular formula is C13H18BrNO3S. The van der Waals surface area contributed by atoms with Crippen molar-refractivity contribution in [2.24, 2.45) is 11.8 Å². The van der Waals surface area contributed by atoms with Crippen molar-refractivity contribution in [2.45, 2.75) is 38.7 Å². The minimum Gasteiger partial charge on any atom is -0.466 e. The largest absolute Gasteiger partial charge is 0.466 e. The maximum atomic E-state index is 11.8. The topological polar surface area (TPSA) is 59.4 Å². The summed E-state index contributed by atoms with van der Waals surface area (Å²) in [7, 11) is 0. The molecule has 1 aromatic heterocycles. The lowest BCUT2D eigenvalue weighted by Gasteiger charge is -2.37. The van der Waals surface area contributed by atoms with Crippen LogP contribution < -0.4 is 0 Å². The van der Waals surface area contributed by atoms with Gasteiger partial charge in [0.2, 0.25) is 0 Å². The van der Waals surface area contributed by atoms with Gasteiger partial charge >= 0.3 is 5.97 Å². The summed E-state index contributed by atoms with van der Waals surface area (Å²) in [5, 5.41) is 11.5. The summed E-state index contributed by atoms with van der Waals surface area (Å²) >= 11 is 4.82. The van der Waals surface area contributed by atoms with Crippen molar-refractivity contribution in [1.82, 2.24) is 4.98 Å². The number of carbonyl (C=O) groups excluding carboxylic acids is 1. The van der Waals surface area contributed by atoms with E-state index in [0.717, 1.165) is 8.79 Å². The maximum Gasteiger partial charge on any atom is 0.309 e. The SMILES string of the molecule is CCOC(=O)[C@H]1CC[C@](O)(c2ncc(Br)s2)C[C@H]1C. The van der Waals surface area contributed by atoms with E-state index in [2.05, 4.69) is 20.9 Å². The second-order valence-corrected chi connectivity index (χ2v) is 7.49. The second-order valence-electron chi connectivity index (χ2n) is 5.08. The summed E-state index contributed by atoms with van der Waals surface area (Å²) in [5.74, 6) is -0.151. The normalized spacial score (nSPS) is 31.2. The number of ether oxygens (including phenoxy) is 1. The van der Waals surface area contributed by atoms with Crippen LogP contribution in [-0.2, 0) is 15.1 Å². The van der Waals surface area contributed by atoms with Crippen molar-refractivity contribution >= 4 is 33.2 Å². The minimum atomic E-state index is -0.904. The molecule has 0 unspecified atom stereocenters. The van der Waals surface area contributed by atoms with Gasteiger partial charge in [-0.15, -0.1) is 11.3 Å². The highest BCUT2D eigenvalue weighted by Crippen LogP contribution is 2.44. The molecular weight excluding hydrogens is 330 g/mol. The average Bonchev–Trinajstić information content (AvgIpc) is 2.77. The standard InChI is InChI=1S/C13H18BrNO3S/c1-3-18-11(16)9-4-5-13(17,6-8(9)2)12-15-7-10(14)19-12/h7-9,17H,3-6H2,1-2H3/t8-,9+,13-/m1/s1. The zero-order valence-corrected chi connectivity index (χ0v) is 13.5. The van der Waals surface area contributed by atoms with Gasteiger partial charge in [0.15, 0.2) is 0 Å². The van der Waals surface area contributed by atoms with Crippen LogP contribution >= 0.6 is 27.3 Å². The molecule has 4 nitrogen and oxygen atoms in total. The first-order valence-corrected chi connectivity index (χ1v) is 8.08. The Kier molecular flexibility index (Phi) is 4.63. The smallest absolute Gasteiger partial charge is 0.309 e. The van der Waals surface area contributed by atoms with Crippen LogP contribution in [0.1, 0.15) is 38.1 Å². The van der Waals surface area contributed by atoms with Gasteiger partial charge in [0.05, 0.1) is 22.5 Å². The number of nitrogens with zero attached hydrogens (tertiary/aromatic N) is 1. The summed E-state index contributed by atoms with van der Waals surface area (Å²) in [4.78, 5) is 16.1. The van der Waals surface area contributed by atoms with Crippen LogP contribution in [0.5, 0.6) is 0 Å². The lowest BCUT2D eigenvalue weighted by molar-refractivity contribution is -0.154. The number of aliphatic hydroxyl groups is 1. The Hall–Kier alpha value is -0.460. The average molecular weight is 348 g/mol. The Morgan fingerprint density at radius 1 is 1.74 bits per heavy atom. The molecule has 106 valence electrons. The van der Waals surface area contributed by atoms with Crippen LogP contribution in [0.2, 0.25) is 0 Å². The minimum absolute atomic E-state index is 0.0977. The Morgan fingerprint density at radius 2 is 2.47 bits per heavy atom. The van der Waals surface area contributed by atoms with E-state index in [1.807, 2.05) is 13.8 Å². The van der Waals surface area contributed by atoms with Crippen LogP contribution in [-0.4, -0.2) is 22.7 Å². The predicted octanol–water partition coefficient (Wildman–Crippen LogP) is 3.09. The fraction of sp³-hybridized carbons (Fsp3) is 0.692. The van der Waals surface area contributed by atoms with Crippen molar-refractivity contribution in [2.75, 3.05) is 6.61 Å². The zero-order valence-electron chi connectivity index (χ0n) is 11.1. The molecule has 0 bridgehead atoms. The number of hydrogen-bond donors (Lipinski definition) is 1. The Morgan fingerprint density at radius 3 is 3.00 bits per heavy atom. The molecule has 1 aromatic rings. The lowest BCUT2D eigenvalue weighted by Crippen LogP contribution is -2.39. The maximum absolute atomic E-state index is 11.8. The summed E-state index contributed by atoms with van der Waals surface area (Å²) in [5.41, 5.74) is -0.904. The van der Waals surface area contributed by atoms with Gasteiger partial charge in [0.25, 0.3) is 0 Å². The zero-order chi connectivity index (χ0) is 14.0. The highest BCUT2D eigenvalue weighted by molar-refractivity contribution is 9.11. The monoisotopic (exact) mass is 347 g/mol. The molecule has 1 aliphatic rings. The second kappa shape index (κ2) is 5.89. The third-order valence-corrected chi connectivity index (χ3v) is 5.35. The van der Waals surface area contributed by atoms with Crippen molar-refractivity contribution in [3.05, 3.63) is 15.0 Å². The molecule has 1 N–H and O–H groups in total. The molecule has 0 aliphatic heterocycles. The predicted molar refractivity (Wildman–Crippen MR) is 76.8 cm³/mol. The van der Waals surface area contributed by atoms with Gasteiger partial charge in [-0.05, 0) is 48.0 Å².